The lowest BCUT2D eigenvalue weighted by Crippen LogP contribution is -2.24. The van der Waals surface area contributed by atoms with Crippen molar-refractivity contribution in [2.75, 3.05) is 18.5 Å². The SMILES string of the molecule is Cc1cc2c(N(C)C[C@@H](C)c3nn[nH]n3)ncnc2s1. The van der Waals surface area contributed by atoms with Crippen LogP contribution < -0.4 is 4.90 Å². The molecule has 104 valence electrons. The summed E-state index contributed by atoms with van der Waals surface area (Å²) in [6.45, 7) is 4.91. The van der Waals surface area contributed by atoms with Crippen LogP contribution in [-0.4, -0.2) is 44.2 Å². The molecule has 0 bridgehead atoms. The Morgan fingerprint density at radius 3 is 3.00 bits per heavy atom. The number of aromatic nitrogens is 6. The van der Waals surface area contributed by atoms with E-state index in [2.05, 4.69) is 55.4 Å². The van der Waals surface area contributed by atoms with E-state index >= 15 is 0 Å². The van der Waals surface area contributed by atoms with Crippen LogP contribution in [-0.2, 0) is 0 Å². The number of nitrogens with one attached hydrogen (secondary N) is 1. The lowest BCUT2D eigenvalue weighted by atomic mass is 10.1. The Labute approximate surface area is 120 Å². The summed E-state index contributed by atoms with van der Waals surface area (Å²) in [7, 11) is 2.02. The number of aryl methyl sites for hydroxylation is 1. The first-order chi connectivity index (χ1) is 9.65. The van der Waals surface area contributed by atoms with Gasteiger partial charge in [0.2, 0.25) is 0 Å². The standard InChI is InChI=1S/C12H15N7S/c1-7(10-15-17-18-16-10)5-19(3)11-9-4-8(2)20-12(9)14-6-13-11/h4,6-7H,5H2,1-3H3,(H,15,16,17,18)/t7-/m1/s1. The summed E-state index contributed by atoms with van der Waals surface area (Å²) >= 11 is 1.68. The molecule has 3 aromatic rings. The molecule has 3 rings (SSSR count). The van der Waals surface area contributed by atoms with Crippen molar-refractivity contribution in [3.05, 3.63) is 23.1 Å². The van der Waals surface area contributed by atoms with Gasteiger partial charge in [-0.3, -0.25) is 0 Å². The maximum atomic E-state index is 4.41. The average molecular weight is 289 g/mol. The third kappa shape index (κ3) is 2.34. The van der Waals surface area contributed by atoms with E-state index in [0.29, 0.717) is 5.82 Å². The third-order valence-corrected chi connectivity index (χ3v) is 4.10. The van der Waals surface area contributed by atoms with Crippen molar-refractivity contribution in [3.63, 3.8) is 0 Å². The highest BCUT2D eigenvalue weighted by Crippen LogP contribution is 2.29. The average Bonchev–Trinajstić information content (AvgIpc) is 3.05. The van der Waals surface area contributed by atoms with E-state index in [0.717, 1.165) is 22.6 Å². The summed E-state index contributed by atoms with van der Waals surface area (Å²) in [5.74, 6) is 1.82. The molecule has 3 aromatic heterocycles. The fourth-order valence-electron chi connectivity index (χ4n) is 2.22. The lowest BCUT2D eigenvalue weighted by Gasteiger charge is -2.21. The molecule has 8 heteroatoms. The first-order valence-electron chi connectivity index (χ1n) is 6.30. The number of hydrogen-bond donors (Lipinski definition) is 1. The van der Waals surface area contributed by atoms with Gasteiger partial charge in [0.25, 0.3) is 0 Å². The molecule has 0 fully saturated rings. The van der Waals surface area contributed by atoms with Gasteiger partial charge in [-0.25, -0.2) is 9.97 Å². The summed E-state index contributed by atoms with van der Waals surface area (Å²) in [4.78, 5) is 13.1. The van der Waals surface area contributed by atoms with Gasteiger partial charge in [0.15, 0.2) is 5.82 Å². The molecular formula is C12H15N7S. The monoisotopic (exact) mass is 289 g/mol. The predicted octanol–water partition coefficient (Wildman–Crippen LogP) is 1.75. The van der Waals surface area contributed by atoms with Crippen molar-refractivity contribution in [3.8, 4) is 0 Å². The summed E-state index contributed by atoms with van der Waals surface area (Å²) in [6, 6.07) is 2.13. The van der Waals surface area contributed by atoms with E-state index in [1.807, 2.05) is 7.05 Å². The Morgan fingerprint density at radius 1 is 1.40 bits per heavy atom. The molecule has 0 saturated carbocycles. The molecule has 0 aromatic carbocycles. The van der Waals surface area contributed by atoms with Crippen LogP contribution in [0.3, 0.4) is 0 Å². The van der Waals surface area contributed by atoms with Crippen LogP contribution in [0.4, 0.5) is 5.82 Å². The van der Waals surface area contributed by atoms with Crippen LogP contribution in [0.25, 0.3) is 10.2 Å². The fraction of sp³-hybridized carbons (Fsp3) is 0.417. The minimum atomic E-state index is 0.170. The van der Waals surface area contributed by atoms with Gasteiger partial charge in [-0.15, -0.1) is 21.5 Å². The molecule has 0 aliphatic heterocycles. The number of anilines is 1. The van der Waals surface area contributed by atoms with E-state index in [-0.39, 0.29) is 5.92 Å². The van der Waals surface area contributed by atoms with Crippen molar-refractivity contribution < 1.29 is 0 Å². The second kappa shape index (κ2) is 5.12. The molecule has 20 heavy (non-hydrogen) atoms. The Bertz CT molecular complexity index is 706. The molecule has 1 N–H and O–H groups in total. The van der Waals surface area contributed by atoms with Gasteiger partial charge in [0.05, 0.1) is 5.39 Å². The first kappa shape index (κ1) is 12.9. The number of H-pyrrole nitrogens is 1. The van der Waals surface area contributed by atoms with Gasteiger partial charge in [-0.05, 0) is 13.0 Å². The normalized spacial score (nSPS) is 12.8. The van der Waals surface area contributed by atoms with Crippen LogP contribution in [0.15, 0.2) is 12.4 Å². The van der Waals surface area contributed by atoms with Gasteiger partial charge < -0.3 is 4.90 Å². The Hall–Kier alpha value is -2.09. The van der Waals surface area contributed by atoms with Crippen molar-refractivity contribution in [1.82, 2.24) is 30.6 Å². The van der Waals surface area contributed by atoms with E-state index in [4.69, 9.17) is 0 Å². The lowest BCUT2D eigenvalue weighted by molar-refractivity contribution is 0.683. The summed E-state index contributed by atoms with van der Waals surface area (Å²) < 4.78 is 0. The molecule has 0 amide bonds. The van der Waals surface area contributed by atoms with Gasteiger partial charge >= 0.3 is 0 Å². The van der Waals surface area contributed by atoms with Crippen LogP contribution in [0.5, 0.6) is 0 Å². The predicted molar refractivity (Wildman–Crippen MR) is 78.0 cm³/mol. The Balaban J connectivity index is 1.87. The second-order valence-electron chi connectivity index (χ2n) is 4.82. The first-order valence-corrected chi connectivity index (χ1v) is 7.12. The highest BCUT2D eigenvalue weighted by Gasteiger charge is 2.16. The largest absolute Gasteiger partial charge is 0.358 e. The molecule has 7 nitrogen and oxygen atoms in total. The van der Waals surface area contributed by atoms with Gasteiger partial charge in [-0.1, -0.05) is 12.1 Å². The van der Waals surface area contributed by atoms with E-state index in [1.54, 1.807) is 17.7 Å². The van der Waals surface area contributed by atoms with Crippen LogP contribution in [0.1, 0.15) is 23.5 Å². The summed E-state index contributed by atoms with van der Waals surface area (Å²) in [5, 5.41) is 15.2. The number of hydrogen-bond acceptors (Lipinski definition) is 7. The zero-order chi connectivity index (χ0) is 14.1. The van der Waals surface area contributed by atoms with Crippen LogP contribution in [0.2, 0.25) is 0 Å². The van der Waals surface area contributed by atoms with Gasteiger partial charge in [0, 0.05) is 24.4 Å². The fourth-order valence-corrected chi connectivity index (χ4v) is 3.07. The topological polar surface area (TPSA) is 83.5 Å². The maximum absolute atomic E-state index is 4.41. The quantitative estimate of drug-likeness (QED) is 0.788. The molecule has 1 atom stereocenters. The van der Waals surface area contributed by atoms with Crippen molar-refractivity contribution in [2.45, 2.75) is 19.8 Å². The third-order valence-electron chi connectivity index (χ3n) is 3.14. The minimum absolute atomic E-state index is 0.170. The van der Waals surface area contributed by atoms with Crippen molar-refractivity contribution in [2.24, 2.45) is 0 Å². The maximum Gasteiger partial charge on any atom is 0.179 e. The number of thiophene rings is 1. The number of aromatic amines is 1. The minimum Gasteiger partial charge on any atom is -0.358 e. The van der Waals surface area contributed by atoms with Crippen LogP contribution >= 0.6 is 11.3 Å². The highest BCUT2D eigenvalue weighted by atomic mass is 32.1. The van der Waals surface area contributed by atoms with Crippen molar-refractivity contribution >= 4 is 27.4 Å². The number of nitrogens with zero attached hydrogens (tertiary/aromatic N) is 6. The molecule has 0 spiro atoms. The number of likely N-dealkylation sites (N-methyl/N-ethyl adjacent to an activating group) is 1. The Morgan fingerprint density at radius 2 is 2.25 bits per heavy atom. The number of fused-ring (bicyclic) bond motifs is 1. The molecule has 0 saturated heterocycles. The van der Waals surface area contributed by atoms with Gasteiger partial charge in [-0.2, -0.15) is 5.21 Å². The second-order valence-corrected chi connectivity index (χ2v) is 6.06. The highest BCUT2D eigenvalue weighted by molar-refractivity contribution is 7.18. The molecule has 3 heterocycles. The van der Waals surface area contributed by atoms with E-state index in [9.17, 15) is 0 Å². The number of rotatable bonds is 4. The summed E-state index contributed by atoms with van der Waals surface area (Å²) in [5.41, 5.74) is 0. The number of tetrazole rings is 1. The summed E-state index contributed by atoms with van der Waals surface area (Å²) in [6.07, 6.45) is 1.61. The molecule has 0 radical (unpaired) electrons. The Kier molecular flexibility index (Phi) is 3.31. The molecule has 0 aliphatic carbocycles. The molecular weight excluding hydrogens is 274 g/mol. The smallest absolute Gasteiger partial charge is 0.179 e. The molecule has 0 unspecified atom stereocenters. The van der Waals surface area contributed by atoms with Gasteiger partial charge in [0.1, 0.15) is 17.0 Å². The van der Waals surface area contributed by atoms with E-state index < -0.39 is 0 Å². The zero-order valence-corrected chi connectivity index (χ0v) is 12.3. The zero-order valence-electron chi connectivity index (χ0n) is 11.5. The van der Waals surface area contributed by atoms with Crippen molar-refractivity contribution in [1.29, 1.82) is 0 Å². The molecule has 0 aliphatic rings. The van der Waals surface area contributed by atoms with E-state index in [1.165, 1.54) is 4.88 Å². The van der Waals surface area contributed by atoms with Crippen LogP contribution in [0, 0.1) is 6.92 Å².